The van der Waals surface area contributed by atoms with Gasteiger partial charge in [-0.25, -0.2) is 13.1 Å². The van der Waals surface area contributed by atoms with Crippen molar-refractivity contribution in [2.45, 2.75) is 18.7 Å². The van der Waals surface area contributed by atoms with E-state index in [-0.39, 0.29) is 16.5 Å². The van der Waals surface area contributed by atoms with E-state index in [2.05, 4.69) is 23.5 Å². The fraction of sp³-hybridized carbons (Fsp3) is 0.571. The summed E-state index contributed by atoms with van der Waals surface area (Å²) >= 11 is 11.6. The second kappa shape index (κ2) is 9.70. The van der Waals surface area contributed by atoms with Crippen molar-refractivity contribution in [2.75, 3.05) is 39.4 Å². The van der Waals surface area contributed by atoms with Gasteiger partial charge in [0.15, 0.2) is 0 Å². The molecule has 0 unspecified atom stereocenters. The zero-order chi connectivity index (χ0) is 16.6. The molecule has 0 aliphatic rings. The molecule has 0 bridgehead atoms. The SMILES string of the molecule is CCN(CC)CCOCCNS(=O)(=O)c1ccc(Cl)c(Cl)c1. The minimum atomic E-state index is -3.60. The average molecular weight is 369 g/mol. The Bertz CT molecular complexity index is 563. The Labute approximate surface area is 142 Å². The number of hydrogen-bond acceptors (Lipinski definition) is 4. The number of likely N-dealkylation sites (N-methyl/N-ethyl adjacent to an activating group) is 1. The zero-order valence-electron chi connectivity index (χ0n) is 12.8. The predicted octanol–water partition coefficient (Wildman–Crippen LogP) is 2.63. The molecule has 8 heteroatoms. The molecule has 1 aromatic rings. The Morgan fingerprint density at radius 1 is 1.14 bits per heavy atom. The Balaban J connectivity index is 2.36. The molecule has 0 fully saturated rings. The van der Waals surface area contributed by atoms with Crippen LogP contribution in [0.5, 0.6) is 0 Å². The van der Waals surface area contributed by atoms with Gasteiger partial charge in [0.2, 0.25) is 10.0 Å². The van der Waals surface area contributed by atoms with E-state index in [1.807, 2.05) is 0 Å². The van der Waals surface area contributed by atoms with Gasteiger partial charge in [0.25, 0.3) is 0 Å². The first kappa shape index (κ1) is 19.7. The fourth-order valence-electron chi connectivity index (χ4n) is 1.81. The molecule has 1 N–H and O–H groups in total. The Morgan fingerprint density at radius 2 is 1.82 bits per heavy atom. The van der Waals surface area contributed by atoms with Crippen LogP contribution in [0.25, 0.3) is 0 Å². The molecule has 0 aliphatic carbocycles. The maximum absolute atomic E-state index is 12.1. The van der Waals surface area contributed by atoms with E-state index in [9.17, 15) is 8.42 Å². The summed E-state index contributed by atoms with van der Waals surface area (Å²) in [5, 5.41) is 0.528. The smallest absolute Gasteiger partial charge is 0.240 e. The highest BCUT2D eigenvalue weighted by molar-refractivity contribution is 7.89. The van der Waals surface area contributed by atoms with Gasteiger partial charge in [0.1, 0.15) is 0 Å². The molecular formula is C14H22Cl2N2O3S. The van der Waals surface area contributed by atoms with Crippen LogP contribution < -0.4 is 4.72 Å². The van der Waals surface area contributed by atoms with E-state index >= 15 is 0 Å². The molecule has 0 heterocycles. The lowest BCUT2D eigenvalue weighted by Crippen LogP contribution is -2.30. The van der Waals surface area contributed by atoms with Crippen molar-refractivity contribution >= 4 is 33.2 Å². The highest BCUT2D eigenvalue weighted by Crippen LogP contribution is 2.24. The second-order valence-corrected chi connectivity index (χ2v) is 7.19. The van der Waals surface area contributed by atoms with E-state index in [0.717, 1.165) is 19.6 Å². The van der Waals surface area contributed by atoms with Crippen molar-refractivity contribution in [1.82, 2.24) is 9.62 Å². The minimum absolute atomic E-state index is 0.0880. The van der Waals surface area contributed by atoms with Crippen LogP contribution in [0.2, 0.25) is 10.0 Å². The van der Waals surface area contributed by atoms with Crippen LogP contribution in [-0.2, 0) is 14.8 Å². The molecule has 0 radical (unpaired) electrons. The van der Waals surface area contributed by atoms with Crippen LogP contribution in [0.1, 0.15) is 13.8 Å². The Kier molecular flexibility index (Phi) is 8.67. The first-order valence-corrected chi connectivity index (χ1v) is 9.39. The van der Waals surface area contributed by atoms with Crippen LogP contribution in [0.3, 0.4) is 0 Å². The zero-order valence-corrected chi connectivity index (χ0v) is 15.1. The number of ether oxygens (including phenoxy) is 1. The third-order valence-corrected chi connectivity index (χ3v) is 5.38. The summed E-state index contributed by atoms with van der Waals surface area (Å²) in [7, 11) is -3.60. The van der Waals surface area contributed by atoms with E-state index < -0.39 is 10.0 Å². The molecule has 1 aromatic carbocycles. The second-order valence-electron chi connectivity index (χ2n) is 4.61. The molecule has 0 aliphatic heterocycles. The first-order chi connectivity index (χ1) is 10.4. The van der Waals surface area contributed by atoms with Crippen LogP contribution in [0.15, 0.2) is 23.1 Å². The highest BCUT2D eigenvalue weighted by atomic mass is 35.5. The molecule has 0 saturated carbocycles. The highest BCUT2D eigenvalue weighted by Gasteiger charge is 2.14. The third kappa shape index (κ3) is 6.40. The van der Waals surface area contributed by atoms with Crippen LogP contribution in [0.4, 0.5) is 0 Å². The molecule has 5 nitrogen and oxygen atoms in total. The van der Waals surface area contributed by atoms with E-state index in [0.29, 0.717) is 18.2 Å². The summed E-state index contributed by atoms with van der Waals surface area (Å²) in [5.41, 5.74) is 0. The van der Waals surface area contributed by atoms with Crippen molar-refractivity contribution in [3.05, 3.63) is 28.2 Å². The maximum atomic E-state index is 12.1. The minimum Gasteiger partial charge on any atom is -0.379 e. The van der Waals surface area contributed by atoms with Gasteiger partial charge in [-0.15, -0.1) is 0 Å². The molecule has 0 aromatic heterocycles. The maximum Gasteiger partial charge on any atom is 0.240 e. The number of benzene rings is 1. The van der Waals surface area contributed by atoms with Gasteiger partial charge in [-0.05, 0) is 31.3 Å². The fourth-order valence-corrected chi connectivity index (χ4v) is 3.21. The molecular weight excluding hydrogens is 347 g/mol. The van der Waals surface area contributed by atoms with Gasteiger partial charge < -0.3 is 9.64 Å². The lowest BCUT2D eigenvalue weighted by molar-refractivity contribution is 0.111. The predicted molar refractivity (Wildman–Crippen MR) is 90.3 cm³/mol. The van der Waals surface area contributed by atoms with E-state index in [1.54, 1.807) is 0 Å². The quantitative estimate of drug-likeness (QED) is 0.644. The Hall–Kier alpha value is -0.370. The molecule has 1 rings (SSSR count). The third-order valence-electron chi connectivity index (χ3n) is 3.19. The lowest BCUT2D eigenvalue weighted by Gasteiger charge is -2.17. The van der Waals surface area contributed by atoms with E-state index in [4.69, 9.17) is 27.9 Å². The van der Waals surface area contributed by atoms with Gasteiger partial charge in [-0.1, -0.05) is 37.0 Å². The molecule has 22 heavy (non-hydrogen) atoms. The molecule has 126 valence electrons. The number of nitrogens with zero attached hydrogens (tertiary/aromatic N) is 1. The van der Waals surface area contributed by atoms with Crippen molar-refractivity contribution in [2.24, 2.45) is 0 Å². The van der Waals surface area contributed by atoms with Crippen molar-refractivity contribution in [3.8, 4) is 0 Å². The summed E-state index contributed by atoms with van der Waals surface area (Å²) in [6.07, 6.45) is 0. The van der Waals surface area contributed by atoms with Gasteiger partial charge in [0, 0.05) is 13.1 Å². The number of sulfonamides is 1. The van der Waals surface area contributed by atoms with Crippen molar-refractivity contribution < 1.29 is 13.2 Å². The summed E-state index contributed by atoms with van der Waals surface area (Å²) < 4.78 is 32.0. The topological polar surface area (TPSA) is 58.6 Å². The number of halogens is 2. The van der Waals surface area contributed by atoms with Crippen molar-refractivity contribution in [3.63, 3.8) is 0 Å². The van der Waals surface area contributed by atoms with Gasteiger partial charge in [-0.3, -0.25) is 0 Å². The largest absolute Gasteiger partial charge is 0.379 e. The van der Waals surface area contributed by atoms with Gasteiger partial charge >= 0.3 is 0 Å². The summed E-state index contributed by atoms with van der Waals surface area (Å²) in [4.78, 5) is 2.32. The van der Waals surface area contributed by atoms with Crippen LogP contribution >= 0.6 is 23.2 Å². The number of nitrogens with one attached hydrogen (secondary N) is 1. The molecule has 0 atom stereocenters. The molecule has 0 spiro atoms. The van der Waals surface area contributed by atoms with Crippen molar-refractivity contribution in [1.29, 1.82) is 0 Å². The Morgan fingerprint density at radius 3 is 2.41 bits per heavy atom. The van der Waals surface area contributed by atoms with Crippen LogP contribution in [0, 0.1) is 0 Å². The molecule has 0 saturated heterocycles. The van der Waals surface area contributed by atoms with Crippen LogP contribution in [-0.4, -0.2) is 52.7 Å². The van der Waals surface area contributed by atoms with Gasteiger partial charge in [-0.2, -0.15) is 0 Å². The normalized spacial score (nSPS) is 12.0. The monoisotopic (exact) mass is 368 g/mol. The summed E-state index contributed by atoms with van der Waals surface area (Å²) in [6.45, 7) is 8.09. The average Bonchev–Trinajstić information content (AvgIpc) is 2.49. The van der Waals surface area contributed by atoms with E-state index in [1.165, 1.54) is 18.2 Å². The van der Waals surface area contributed by atoms with Gasteiger partial charge in [0.05, 0.1) is 28.2 Å². The number of rotatable bonds is 10. The summed E-state index contributed by atoms with van der Waals surface area (Å²) in [6, 6.07) is 4.20. The summed E-state index contributed by atoms with van der Waals surface area (Å²) in [5.74, 6) is 0. The number of hydrogen-bond donors (Lipinski definition) is 1. The molecule has 0 amide bonds. The lowest BCUT2D eigenvalue weighted by atomic mass is 10.4. The first-order valence-electron chi connectivity index (χ1n) is 7.15. The standard InChI is InChI=1S/C14H22Cl2N2O3S/c1-3-18(4-2)8-10-21-9-7-17-22(19,20)12-5-6-13(15)14(16)11-12/h5-6,11,17H,3-4,7-10H2,1-2H3.